The van der Waals surface area contributed by atoms with Crippen LogP contribution in [0.3, 0.4) is 0 Å². The lowest BCUT2D eigenvalue weighted by atomic mass is 10.1. The molecule has 0 aromatic carbocycles. The Morgan fingerprint density at radius 1 is 1.26 bits per heavy atom. The van der Waals surface area contributed by atoms with E-state index in [2.05, 4.69) is 40.0 Å². The van der Waals surface area contributed by atoms with Crippen molar-refractivity contribution in [3.05, 3.63) is 23.9 Å². The Labute approximate surface area is 139 Å². The monoisotopic (exact) mass is 315 g/mol. The van der Waals surface area contributed by atoms with E-state index in [4.69, 9.17) is 4.98 Å². The first kappa shape index (κ1) is 16.2. The van der Waals surface area contributed by atoms with Crippen LogP contribution in [0.2, 0.25) is 0 Å². The lowest BCUT2D eigenvalue weighted by molar-refractivity contribution is 0.176. The Kier molecular flexibility index (Phi) is 5.49. The predicted molar refractivity (Wildman–Crippen MR) is 96.0 cm³/mol. The van der Waals surface area contributed by atoms with E-state index in [1.165, 1.54) is 31.3 Å². The lowest BCUT2D eigenvalue weighted by Crippen LogP contribution is -2.55. The first-order valence-electron chi connectivity index (χ1n) is 8.93. The molecule has 1 N–H and O–H groups in total. The number of hydrogen-bond acceptors (Lipinski definition) is 5. The van der Waals surface area contributed by atoms with Gasteiger partial charge in [-0.05, 0) is 32.8 Å². The summed E-state index contributed by atoms with van der Waals surface area (Å²) in [5.41, 5.74) is 1.43. The number of allylic oxidation sites excluding steroid dienone is 1. The van der Waals surface area contributed by atoms with Crippen molar-refractivity contribution in [3.63, 3.8) is 0 Å². The number of hydrogen-bond donors (Lipinski definition) is 1. The molecule has 2 aliphatic rings. The Morgan fingerprint density at radius 2 is 2.00 bits per heavy atom. The Balaban J connectivity index is 1.52. The molecule has 2 saturated heterocycles. The van der Waals surface area contributed by atoms with E-state index < -0.39 is 0 Å². The quantitative estimate of drug-likeness (QED) is 0.847. The number of nitrogens with zero attached hydrogens (tertiary/aromatic N) is 4. The van der Waals surface area contributed by atoms with Gasteiger partial charge in [0.15, 0.2) is 0 Å². The highest BCUT2D eigenvalue weighted by Gasteiger charge is 2.27. The lowest BCUT2D eigenvalue weighted by Gasteiger charge is -2.39. The fraction of sp³-hybridized carbons (Fsp3) is 0.667. The van der Waals surface area contributed by atoms with Gasteiger partial charge in [-0.2, -0.15) is 4.98 Å². The summed E-state index contributed by atoms with van der Waals surface area (Å²) in [5, 5.41) is 3.48. The minimum atomic E-state index is 0.471. The van der Waals surface area contributed by atoms with Gasteiger partial charge in [0.1, 0.15) is 5.82 Å². The van der Waals surface area contributed by atoms with E-state index in [0.29, 0.717) is 6.04 Å². The van der Waals surface area contributed by atoms with Crippen LogP contribution in [0.15, 0.2) is 23.9 Å². The van der Waals surface area contributed by atoms with Crippen LogP contribution in [0, 0.1) is 0 Å². The Bertz CT molecular complexity index is 528. The summed E-state index contributed by atoms with van der Waals surface area (Å²) in [7, 11) is 0. The number of rotatable bonds is 5. The maximum absolute atomic E-state index is 4.74. The second-order valence-corrected chi connectivity index (χ2v) is 6.81. The molecule has 126 valence electrons. The molecule has 0 bridgehead atoms. The molecular weight excluding hydrogens is 286 g/mol. The van der Waals surface area contributed by atoms with E-state index in [-0.39, 0.29) is 0 Å². The van der Waals surface area contributed by atoms with Gasteiger partial charge in [0, 0.05) is 38.9 Å². The largest absolute Gasteiger partial charge is 0.356 e. The zero-order valence-corrected chi connectivity index (χ0v) is 14.5. The standard InChI is InChI=1S/C18H29N5/c1-3-15(2)12-22-13-16(14-22)20-18-19-9-8-17(21-18)23-10-6-4-5-7-11-23/h3,8-9,16H,4-7,10-14H2,1-2H3,(H,19,20,21). The zero-order valence-electron chi connectivity index (χ0n) is 14.5. The van der Waals surface area contributed by atoms with Gasteiger partial charge in [-0.3, -0.25) is 4.90 Å². The molecule has 3 rings (SSSR count). The van der Waals surface area contributed by atoms with Crippen molar-refractivity contribution >= 4 is 11.8 Å². The fourth-order valence-corrected chi connectivity index (χ4v) is 3.31. The molecule has 0 unspecified atom stereocenters. The topological polar surface area (TPSA) is 44.3 Å². The minimum absolute atomic E-state index is 0.471. The van der Waals surface area contributed by atoms with Crippen molar-refractivity contribution < 1.29 is 0 Å². The second-order valence-electron chi connectivity index (χ2n) is 6.81. The summed E-state index contributed by atoms with van der Waals surface area (Å²) in [6.07, 6.45) is 9.31. The molecule has 1 aromatic heterocycles. The average molecular weight is 315 g/mol. The summed E-state index contributed by atoms with van der Waals surface area (Å²) < 4.78 is 0. The summed E-state index contributed by atoms with van der Waals surface area (Å²) in [5.74, 6) is 1.85. The molecular formula is C18H29N5. The van der Waals surface area contributed by atoms with Crippen LogP contribution in [-0.2, 0) is 0 Å². The van der Waals surface area contributed by atoms with Gasteiger partial charge in [0.2, 0.25) is 5.95 Å². The maximum Gasteiger partial charge on any atom is 0.224 e. The van der Waals surface area contributed by atoms with E-state index in [1.54, 1.807) is 0 Å². The average Bonchev–Trinajstić information content (AvgIpc) is 2.82. The summed E-state index contributed by atoms with van der Waals surface area (Å²) >= 11 is 0. The van der Waals surface area contributed by atoms with Crippen LogP contribution < -0.4 is 10.2 Å². The maximum atomic E-state index is 4.74. The normalized spacial score (nSPS) is 21.0. The SMILES string of the molecule is CC=C(C)CN1CC(Nc2nccc(N3CCCCCC3)n2)C1. The van der Waals surface area contributed by atoms with E-state index in [1.807, 2.05) is 12.3 Å². The fourth-order valence-electron chi connectivity index (χ4n) is 3.31. The first-order valence-corrected chi connectivity index (χ1v) is 8.93. The van der Waals surface area contributed by atoms with E-state index >= 15 is 0 Å². The van der Waals surface area contributed by atoms with E-state index in [9.17, 15) is 0 Å². The summed E-state index contributed by atoms with van der Waals surface area (Å²) in [4.78, 5) is 14.0. The smallest absolute Gasteiger partial charge is 0.224 e. The van der Waals surface area contributed by atoms with Crippen LogP contribution in [0.25, 0.3) is 0 Å². The first-order chi connectivity index (χ1) is 11.2. The molecule has 2 aliphatic heterocycles. The van der Waals surface area contributed by atoms with Crippen LogP contribution in [-0.4, -0.2) is 53.6 Å². The van der Waals surface area contributed by atoms with Crippen molar-refractivity contribution in [2.24, 2.45) is 0 Å². The van der Waals surface area contributed by atoms with Crippen molar-refractivity contribution in [1.82, 2.24) is 14.9 Å². The van der Waals surface area contributed by atoms with E-state index in [0.717, 1.165) is 44.5 Å². The highest BCUT2D eigenvalue weighted by Crippen LogP contribution is 2.19. The zero-order chi connectivity index (χ0) is 16.1. The molecule has 1 aromatic rings. The van der Waals surface area contributed by atoms with Crippen molar-refractivity contribution in [3.8, 4) is 0 Å². The highest BCUT2D eigenvalue weighted by atomic mass is 15.3. The molecule has 0 aliphatic carbocycles. The van der Waals surface area contributed by atoms with Gasteiger partial charge in [-0.1, -0.05) is 24.5 Å². The highest BCUT2D eigenvalue weighted by molar-refractivity contribution is 5.43. The number of anilines is 2. The summed E-state index contributed by atoms with van der Waals surface area (Å²) in [6.45, 7) is 9.75. The van der Waals surface area contributed by atoms with Crippen molar-refractivity contribution in [2.75, 3.05) is 42.9 Å². The third kappa shape index (κ3) is 4.44. The molecule has 2 fully saturated rings. The van der Waals surface area contributed by atoms with Gasteiger partial charge in [-0.25, -0.2) is 4.98 Å². The van der Waals surface area contributed by atoms with Crippen LogP contribution in [0.4, 0.5) is 11.8 Å². The van der Waals surface area contributed by atoms with Crippen molar-refractivity contribution in [1.29, 1.82) is 0 Å². The molecule has 3 heterocycles. The number of likely N-dealkylation sites (tertiary alicyclic amines) is 1. The summed E-state index contributed by atoms with van der Waals surface area (Å²) in [6, 6.07) is 2.51. The van der Waals surface area contributed by atoms with Gasteiger partial charge in [0.05, 0.1) is 6.04 Å². The molecule has 0 saturated carbocycles. The minimum Gasteiger partial charge on any atom is -0.356 e. The third-order valence-electron chi connectivity index (χ3n) is 4.83. The van der Waals surface area contributed by atoms with Crippen LogP contribution in [0.1, 0.15) is 39.5 Å². The molecule has 0 radical (unpaired) electrons. The molecule has 5 nitrogen and oxygen atoms in total. The second kappa shape index (κ2) is 7.77. The van der Waals surface area contributed by atoms with Gasteiger partial charge < -0.3 is 10.2 Å². The number of nitrogens with one attached hydrogen (secondary N) is 1. The van der Waals surface area contributed by atoms with Crippen LogP contribution >= 0.6 is 0 Å². The Morgan fingerprint density at radius 3 is 2.70 bits per heavy atom. The predicted octanol–water partition coefficient (Wildman–Crippen LogP) is 2.92. The molecule has 0 atom stereocenters. The van der Waals surface area contributed by atoms with Crippen molar-refractivity contribution in [2.45, 2.75) is 45.6 Å². The Hall–Kier alpha value is -1.62. The molecule has 23 heavy (non-hydrogen) atoms. The van der Waals surface area contributed by atoms with Gasteiger partial charge >= 0.3 is 0 Å². The third-order valence-corrected chi connectivity index (χ3v) is 4.83. The van der Waals surface area contributed by atoms with Crippen LogP contribution in [0.5, 0.6) is 0 Å². The molecule has 0 spiro atoms. The van der Waals surface area contributed by atoms with Gasteiger partial charge in [0.25, 0.3) is 0 Å². The van der Waals surface area contributed by atoms with Gasteiger partial charge in [-0.15, -0.1) is 0 Å². The molecule has 5 heteroatoms. The molecule has 0 amide bonds. The number of aromatic nitrogens is 2.